The van der Waals surface area contributed by atoms with Gasteiger partial charge in [0, 0.05) is 17.1 Å². The molecule has 0 spiro atoms. The molecular weight excluding hydrogens is 438 g/mol. The molecule has 0 heterocycles. The molecule has 0 aliphatic carbocycles. The summed E-state index contributed by atoms with van der Waals surface area (Å²) in [6.45, 7) is 0. The molecular formula is C21H14ClF4N3O2. The number of hydrogen-bond acceptors (Lipinski definition) is 2. The van der Waals surface area contributed by atoms with Crippen LogP contribution in [0.3, 0.4) is 0 Å². The standard InChI is InChI=1S/C21H14ClF4N3O2/c22-17-10-9-14(11-16(17)21(24,25)26)29-20(31)28-13-7-5-12(6-8-13)27-19(30)15-3-1-2-4-18(15)23/h1-11H,(H,27,30)(H2,28,29,31). The molecule has 0 saturated carbocycles. The molecule has 0 saturated heterocycles. The van der Waals surface area contributed by atoms with Crippen molar-refractivity contribution >= 4 is 40.6 Å². The first-order valence-corrected chi connectivity index (χ1v) is 9.12. The maximum absolute atomic E-state index is 13.7. The van der Waals surface area contributed by atoms with Gasteiger partial charge in [0.15, 0.2) is 0 Å². The van der Waals surface area contributed by atoms with E-state index in [2.05, 4.69) is 16.0 Å². The van der Waals surface area contributed by atoms with Crippen molar-refractivity contribution in [2.75, 3.05) is 16.0 Å². The first-order valence-electron chi connectivity index (χ1n) is 8.74. The molecule has 3 aromatic rings. The fourth-order valence-electron chi connectivity index (χ4n) is 2.59. The van der Waals surface area contributed by atoms with Gasteiger partial charge in [-0.05, 0) is 54.6 Å². The number of carbonyl (C=O) groups is 2. The number of amides is 3. The van der Waals surface area contributed by atoms with Crippen molar-refractivity contribution in [3.63, 3.8) is 0 Å². The van der Waals surface area contributed by atoms with E-state index in [0.717, 1.165) is 12.1 Å². The van der Waals surface area contributed by atoms with Gasteiger partial charge in [-0.2, -0.15) is 13.2 Å². The van der Waals surface area contributed by atoms with E-state index in [4.69, 9.17) is 11.6 Å². The van der Waals surface area contributed by atoms with Gasteiger partial charge in [0.2, 0.25) is 0 Å². The van der Waals surface area contributed by atoms with Gasteiger partial charge in [-0.1, -0.05) is 23.7 Å². The van der Waals surface area contributed by atoms with Crippen LogP contribution in [0.2, 0.25) is 5.02 Å². The smallest absolute Gasteiger partial charge is 0.322 e. The third-order valence-electron chi connectivity index (χ3n) is 4.05. The van der Waals surface area contributed by atoms with E-state index in [9.17, 15) is 27.2 Å². The molecule has 0 unspecified atom stereocenters. The van der Waals surface area contributed by atoms with Gasteiger partial charge in [0.25, 0.3) is 5.91 Å². The Hall–Kier alpha value is -3.59. The fourth-order valence-corrected chi connectivity index (χ4v) is 2.82. The van der Waals surface area contributed by atoms with E-state index in [1.54, 1.807) is 0 Å². The van der Waals surface area contributed by atoms with Crippen LogP contribution in [0.15, 0.2) is 66.7 Å². The number of urea groups is 1. The van der Waals surface area contributed by atoms with Crippen molar-refractivity contribution in [2.24, 2.45) is 0 Å². The molecule has 3 N–H and O–H groups in total. The van der Waals surface area contributed by atoms with Crippen LogP contribution in [0, 0.1) is 5.82 Å². The Morgan fingerprint density at radius 2 is 1.32 bits per heavy atom. The number of hydrogen-bond donors (Lipinski definition) is 3. The quantitative estimate of drug-likeness (QED) is 0.402. The summed E-state index contributed by atoms with van der Waals surface area (Å²) in [6.07, 6.45) is -4.66. The van der Waals surface area contributed by atoms with Crippen LogP contribution >= 0.6 is 11.6 Å². The van der Waals surface area contributed by atoms with Crippen LogP contribution < -0.4 is 16.0 Å². The number of nitrogens with one attached hydrogen (secondary N) is 3. The summed E-state index contributed by atoms with van der Waals surface area (Å²) < 4.78 is 52.4. The molecule has 3 amide bonds. The highest BCUT2D eigenvalue weighted by atomic mass is 35.5. The minimum atomic E-state index is -4.66. The second kappa shape index (κ2) is 9.05. The number of halogens is 5. The predicted octanol–water partition coefficient (Wildman–Crippen LogP) is 6.39. The number of alkyl halides is 3. The van der Waals surface area contributed by atoms with Gasteiger partial charge in [-0.3, -0.25) is 4.79 Å². The Morgan fingerprint density at radius 3 is 1.94 bits per heavy atom. The maximum atomic E-state index is 13.7. The van der Waals surface area contributed by atoms with E-state index < -0.39 is 34.5 Å². The first kappa shape index (κ1) is 22.1. The first-order chi connectivity index (χ1) is 14.6. The second-order valence-corrected chi connectivity index (χ2v) is 6.69. The van der Waals surface area contributed by atoms with E-state index in [1.807, 2.05) is 0 Å². The summed E-state index contributed by atoms with van der Waals surface area (Å²) in [6, 6.07) is 13.6. The average molecular weight is 452 g/mol. The highest BCUT2D eigenvalue weighted by Crippen LogP contribution is 2.36. The van der Waals surface area contributed by atoms with Crippen LogP contribution in [0.5, 0.6) is 0 Å². The SMILES string of the molecule is O=C(Nc1ccc(NC(=O)c2ccccc2F)cc1)Nc1ccc(Cl)c(C(F)(F)F)c1. The third-order valence-corrected chi connectivity index (χ3v) is 4.38. The summed E-state index contributed by atoms with van der Waals surface area (Å²) in [5.41, 5.74) is -0.617. The fraction of sp³-hybridized carbons (Fsp3) is 0.0476. The molecule has 0 bridgehead atoms. The molecule has 0 aliphatic rings. The zero-order chi connectivity index (χ0) is 22.6. The number of carbonyl (C=O) groups excluding carboxylic acids is 2. The van der Waals surface area contributed by atoms with E-state index in [1.165, 1.54) is 54.6 Å². The van der Waals surface area contributed by atoms with Crippen LogP contribution in [0.25, 0.3) is 0 Å². The van der Waals surface area contributed by atoms with Crippen molar-refractivity contribution in [3.8, 4) is 0 Å². The predicted molar refractivity (Wildman–Crippen MR) is 110 cm³/mol. The molecule has 3 aromatic carbocycles. The van der Waals surface area contributed by atoms with Crippen LogP contribution in [0.4, 0.5) is 39.4 Å². The molecule has 160 valence electrons. The summed E-state index contributed by atoms with van der Waals surface area (Å²) in [7, 11) is 0. The molecule has 0 atom stereocenters. The zero-order valence-corrected chi connectivity index (χ0v) is 16.3. The van der Waals surface area contributed by atoms with Gasteiger partial charge in [0.05, 0.1) is 16.1 Å². The van der Waals surface area contributed by atoms with Crippen LogP contribution in [-0.2, 0) is 6.18 Å². The lowest BCUT2D eigenvalue weighted by Gasteiger charge is -2.12. The summed E-state index contributed by atoms with van der Waals surface area (Å²) in [5.74, 6) is -1.30. The molecule has 0 radical (unpaired) electrons. The van der Waals surface area contributed by atoms with Gasteiger partial charge >= 0.3 is 12.2 Å². The highest BCUT2D eigenvalue weighted by Gasteiger charge is 2.33. The minimum absolute atomic E-state index is 0.0944. The monoisotopic (exact) mass is 451 g/mol. The largest absolute Gasteiger partial charge is 0.417 e. The van der Waals surface area contributed by atoms with Crippen molar-refractivity contribution < 1.29 is 27.2 Å². The molecule has 0 aromatic heterocycles. The zero-order valence-electron chi connectivity index (χ0n) is 15.6. The lowest BCUT2D eigenvalue weighted by Crippen LogP contribution is -2.20. The Bertz CT molecular complexity index is 1120. The van der Waals surface area contributed by atoms with Crippen LogP contribution in [0.1, 0.15) is 15.9 Å². The molecule has 10 heteroatoms. The summed E-state index contributed by atoms with van der Waals surface area (Å²) in [5, 5.41) is 6.77. The molecule has 0 fully saturated rings. The Kier molecular flexibility index (Phi) is 6.45. The van der Waals surface area contributed by atoms with E-state index in [-0.39, 0.29) is 11.3 Å². The minimum Gasteiger partial charge on any atom is -0.322 e. The summed E-state index contributed by atoms with van der Waals surface area (Å²) in [4.78, 5) is 24.2. The topological polar surface area (TPSA) is 70.2 Å². The summed E-state index contributed by atoms with van der Waals surface area (Å²) >= 11 is 5.55. The van der Waals surface area contributed by atoms with Gasteiger partial charge < -0.3 is 16.0 Å². The maximum Gasteiger partial charge on any atom is 0.417 e. The average Bonchev–Trinajstić information content (AvgIpc) is 2.70. The molecule has 5 nitrogen and oxygen atoms in total. The van der Waals surface area contributed by atoms with E-state index in [0.29, 0.717) is 11.4 Å². The van der Waals surface area contributed by atoms with E-state index >= 15 is 0 Å². The van der Waals surface area contributed by atoms with Gasteiger partial charge in [-0.25, -0.2) is 9.18 Å². The lowest BCUT2D eigenvalue weighted by atomic mass is 10.2. The van der Waals surface area contributed by atoms with Crippen molar-refractivity contribution in [1.29, 1.82) is 0 Å². The molecule has 0 aliphatic heterocycles. The highest BCUT2D eigenvalue weighted by molar-refractivity contribution is 6.31. The van der Waals surface area contributed by atoms with Crippen molar-refractivity contribution in [3.05, 3.63) is 88.7 Å². The molecule has 31 heavy (non-hydrogen) atoms. The number of benzene rings is 3. The third kappa shape index (κ3) is 5.73. The van der Waals surface area contributed by atoms with Gasteiger partial charge in [0.1, 0.15) is 5.82 Å². The normalized spacial score (nSPS) is 11.0. The number of anilines is 3. The lowest BCUT2D eigenvalue weighted by molar-refractivity contribution is -0.137. The van der Waals surface area contributed by atoms with Gasteiger partial charge in [-0.15, -0.1) is 0 Å². The van der Waals surface area contributed by atoms with Crippen molar-refractivity contribution in [2.45, 2.75) is 6.18 Å². The Labute approximate surface area is 179 Å². The Morgan fingerprint density at radius 1 is 0.774 bits per heavy atom. The Balaban J connectivity index is 1.62. The molecule has 3 rings (SSSR count). The van der Waals surface area contributed by atoms with Crippen LogP contribution in [-0.4, -0.2) is 11.9 Å². The van der Waals surface area contributed by atoms with Crippen molar-refractivity contribution in [1.82, 2.24) is 0 Å². The number of rotatable bonds is 4. The second-order valence-electron chi connectivity index (χ2n) is 6.28.